The maximum atomic E-state index is 5.52. The van der Waals surface area contributed by atoms with Gasteiger partial charge in [-0.05, 0) is 13.0 Å². The van der Waals surface area contributed by atoms with Gasteiger partial charge in [-0.3, -0.25) is 0 Å². The molecule has 22 heavy (non-hydrogen) atoms. The van der Waals surface area contributed by atoms with E-state index in [-0.39, 0.29) is 18.1 Å². The quantitative estimate of drug-likeness (QED) is 0.857. The highest BCUT2D eigenvalue weighted by molar-refractivity contribution is 5.42. The standard InChI is InChI=1S/C15H21N5O2/c1-9(2)14-16-6-5-13(18-14)20-8-11(21-4)7-12(20)15-17-10(3)19-22-15/h5-6,9,11-12H,7-8H2,1-4H3. The van der Waals surface area contributed by atoms with Crippen LogP contribution in [-0.2, 0) is 4.74 Å². The highest BCUT2D eigenvalue weighted by Crippen LogP contribution is 2.35. The van der Waals surface area contributed by atoms with Crippen molar-refractivity contribution in [3.05, 3.63) is 29.8 Å². The molecular formula is C15H21N5O2. The molecular weight excluding hydrogens is 282 g/mol. The number of anilines is 1. The molecule has 2 aromatic heterocycles. The second-order valence-electron chi connectivity index (χ2n) is 5.87. The van der Waals surface area contributed by atoms with Crippen molar-refractivity contribution in [1.82, 2.24) is 20.1 Å². The zero-order chi connectivity index (χ0) is 15.7. The van der Waals surface area contributed by atoms with Crippen LogP contribution in [0.25, 0.3) is 0 Å². The predicted molar refractivity (Wildman–Crippen MR) is 80.7 cm³/mol. The molecule has 7 heteroatoms. The third-order valence-electron chi connectivity index (χ3n) is 3.89. The van der Waals surface area contributed by atoms with E-state index in [1.165, 1.54) is 0 Å². The smallest absolute Gasteiger partial charge is 0.249 e. The van der Waals surface area contributed by atoms with Crippen LogP contribution in [0.3, 0.4) is 0 Å². The molecule has 1 fully saturated rings. The van der Waals surface area contributed by atoms with E-state index < -0.39 is 0 Å². The van der Waals surface area contributed by atoms with Crippen LogP contribution in [0.4, 0.5) is 5.82 Å². The fourth-order valence-corrected chi connectivity index (χ4v) is 2.71. The lowest BCUT2D eigenvalue weighted by Gasteiger charge is -2.23. The van der Waals surface area contributed by atoms with Crippen molar-refractivity contribution in [1.29, 1.82) is 0 Å². The normalized spacial score (nSPS) is 21.8. The van der Waals surface area contributed by atoms with Gasteiger partial charge in [0, 0.05) is 32.2 Å². The number of hydrogen-bond acceptors (Lipinski definition) is 7. The Kier molecular flexibility index (Phi) is 4.06. The third-order valence-corrected chi connectivity index (χ3v) is 3.89. The molecule has 0 aromatic carbocycles. The number of methoxy groups -OCH3 is 1. The van der Waals surface area contributed by atoms with Gasteiger partial charge in [-0.25, -0.2) is 9.97 Å². The summed E-state index contributed by atoms with van der Waals surface area (Å²) < 4.78 is 10.9. The first-order valence-electron chi connectivity index (χ1n) is 7.51. The molecule has 1 aliphatic heterocycles. The molecule has 0 bridgehead atoms. The van der Waals surface area contributed by atoms with Gasteiger partial charge in [0.05, 0.1) is 6.10 Å². The van der Waals surface area contributed by atoms with Crippen molar-refractivity contribution < 1.29 is 9.26 Å². The Morgan fingerprint density at radius 2 is 2.18 bits per heavy atom. The molecule has 0 saturated carbocycles. The molecule has 0 aliphatic carbocycles. The second kappa shape index (κ2) is 6.00. The van der Waals surface area contributed by atoms with Gasteiger partial charge < -0.3 is 14.2 Å². The molecule has 3 rings (SSSR count). The lowest BCUT2D eigenvalue weighted by molar-refractivity contribution is 0.117. The van der Waals surface area contributed by atoms with Gasteiger partial charge in [-0.1, -0.05) is 19.0 Å². The summed E-state index contributed by atoms with van der Waals surface area (Å²) in [4.78, 5) is 15.5. The molecule has 118 valence electrons. The lowest BCUT2D eigenvalue weighted by Crippen LogP contribution is -2.26. The first-order valence-corrected chi connectivity index (χ1v) is 7.51. The fraction of sp³-hybridized carbons (Fsp3) is 0.600. The van der Waals surface area contributed by atoms with E-state index in [0.29, 0.717) is 11.7 Å². The lowest BCUT2D eigenvalue weighted by atomic mass is 10.2. The summed E-state index contributed by atoms with van der Waals surface area (Å²) in [7, 11) is 1.73. The average Bonchev–Trinajstić information content (AvgIpc) is 3.13. The Morgan fingerprint density at radius 1 is 1.36 bits per heavy atom. The van der Waals surface area contributed by atoms with E-state index in [1.54, 1.807) is 13.3 Å². The van der Waals surface area contributed by atoms with Gasteiger partial charge in [-0.2, -0.15) is 4.98 Å². The van der Waals surface area contributed by atoms with Gasteiger partial charge in [-0.15, -0.1) is 0 Å². The maximum Gasteiger partial charge on any atom is 0.249 e. The molecule has 2 unspecified atom stereocenters. The van der Waals surface area contributed by atoms with Gasteiger partial charge in [0.25, 0.3) is 0 Å². The van der Waals surface area contributed by atoms with Crippen LogP contribution >= 0.6 is 0 Å². The minimum Gasteiger partial charge on any atom is -0.380 e. The number of aromatic nitrogens is 4. The molecule has 1 saturated heterocycles. The van der Waals surface area contributed by atoms with E-state index >= 15 is 0 Å². The monoisotopic (exact) mass is 303 g/mol. The van der Waals surface area contributed by atoms with Crippen molar-refractivity contribution >= 4 is 5.82 Å². The van der Waals surface area contributed by atoms with E-state index in [1.807, 2.05) is 13.0 Å². The van der Waals surface area contributed by atoms with Crippen molar-refractivity contribution in [2.75, 3.05) is 18.6 Å². The van der Waals surface area contributed by atoms with Crippen LogP contribution in [0.1, 0.15) is 49.8 Å². The summed E-state index contributed by atoms with van der Waals surface area (Å²) in [5.41, 5.74) is 0. The summed E-state index contributed by atoms with van der Waals surface area (Å²) in [5, 5.41) is 3.90. The summed E-state index contributed by atoms with van der Waals surface area (Å²) in [6.45, 7) is 6.73. The van der Waals surface area contributed by atoms with Crippen LogP contribution in [0, 0.1) is 6.92 Å². The molecule has 2 atom stereocenters. The largest absolute Gasteiger partial charge is 0.380 e. The van der Waals surface area contributed by atoms with E-state index in [0.717, 1.165) is 24.6 Å². The van der Waals surface area contributed by atoms with Gasteiger partial charge in [0.2, 0.25) is 5.89 Å². The summed E-state index contributed by atoms with van der Waals surface area (Å²) in [6, 6.07) is 1.90. The minimum absolute atomic E-state index is 0.0129. The topological polar surface area (TPSA) is 77.2 Å². The van der Waals surface area contributed by atoms with E-state index in [2.05, 4.69) is 38.9 Å². The Bertz CT molecular complexity index is 642. The molecule has 2 aromatic rings. The summed E-state index contributed by atoms with van der Waals surface area (Å²) in [6.07, 6.45) is 2.72. The van der Waals surface area contributed by atoms with Gasteiger partial charge >= 0.3 is 0 Å². The number of ether oxygens (including phenoxy) is 1. The molecule has 0 amide bonds. The zero-order valence-electron chi connectivity index (χ0n) is 13.4. The first kappa shape index (κ1) is 14.9. The van der Waals surface area contributed by atoms with Gasteiger partial charge in [0.15, 0.2) is 5.82 Å². The van der Waals surface area contributed by atoms with Crippen molar-refractivity contribution in [2.24, 2.45) is 0 Å². The maximum absolute atomic E-state index is 5.52. The number of aryl methyl sites for hydroxylation is 1. The molecule has 0 radical (unpaired) electrons. The van der Waals surface area contributed by atoms with Crippen molar-refractivity contribution in [3.63, 3.8) is 0 Å². The van der Waals surface area contributed by atoms with Crippen molar-refractivity contribution in [3.8, 4) is 0 Å². The highest BCUT2D eigenvalue weighted by atomic mass is 16.5. The fourth-order valence-electron chi connectivity index (χ4n) is 2.71. The molecule has 7 nitrogen and oxygen atoms in total. The number of hydrogen-bond donors (Lipinski definition) is 0. The SMILES string of the molecule is COC1CC(c2nc(C)no2)N(c2ccnc(C(C)C)n2)C1. The summed E-state index contributed by atoms with van der Waals surface area (Å²) in [5.74, 6) is 3.24. The Morgan fingerprint density at radius 3 is 2.82 bits per heavy atom. The average molecular weight is 303 g/mol. The van der Waals surface area contributed by atoms with Crippen LogP contribution in [0.15, 0.2) is 16.8 Å². The van der Waals surface area contributed by atoms with Crippen LogP contribution in [-0.4, -0.2) is 39.9 Å². The molecule has 3 heterocycles. The number of rotatable bonds is 4. The minimum atomic E-state index is -0.0129. The van der Waals surface area contributed by atoms with Gasteiger partial charge in [0.1, 0.15) is 17.7 Å². The molecule has 0 N–H and O–H groups in total. The second-order valence-corrected chi connectivity index (χ2v) is 5.87. The van der Waals surface area contributed by atoms with Crippen LogP contribution in [0.2, 0.25) is 0 Å². The zero-order valence-corrected chi connectivity index (χ0v) is 13.4. The first-order chi connectivity index (χ1) is 10.6. The molecule has 0 spiro atoms. The Balaban J connectivity index is 1.93. The predicted octanol–water partition coefficient (Wildman–Crippen LogP) is 2.26. The Labute approximate surface area is 129 Å². The van der Waals surface area contributed by atoms with Crippen LogP contribution < -0.4 is 4.90 Å². The van der Waals surface area contributed by atoms with Crippen LogP contribution in [0.5, 0.6) is 0 Å². The highest BCUT2D eigenvalue weighted by Gasteiger charge is 2.37. The summed E-state index contributed by atoms with van der Waals surface area (Å²) >= 11 is 0. The number of nitrogens with zero attached hydrogens (tertiary/aromatic N) is 5. The molecule has 1 aliphatic rings. The van der Waals surface area contributed by atoms with Crippen molar-refractivity contribution in [2.45, 2.75) is 45.3 Å². The van der Waals surface area contributed by atoms with E-state index in [9.17, 15) is 0 Å². The van der Waals surface area contributed by atoms with E-state index in [4.69, 9.17) is 9.26 Å². The third kappa shape index (κ3) is 2.81. The Hall–Kier alpha value is -2.02.